The Hall–Kier alpha value is -1.24. The van der Waals surface area contributed by atoms with Crippen LogP contribution in [0.5, 0.6) is 0 Å². The summed E-state index contributed by atoms with van der Waals surface area (Å²) >= 11 is 0. The molecule has 4 nitrogen and oxygen atoms in total. The predicted molar refractivity (Wildman–Crippen MR) is 77.2 cm³/mol. The molecule has 0 spiro atoms. The summed E-state index contributed by atoms with van der Waals surface area (Å²) in [7, 11) is 0. The van der Waals surface area contributed by atoms with Gasteiger partial charge in [-0.15, -0.1) is 0 Å². The summed E-state index contributed by atoms with van der Waals surface area (Å²) in [6.45, 7) is 24.6. The first-order valence-electron chi connectivity index (χ1n) is 7.03. The molecular weight excluding hydrogens is 224 g/mol. The molecule has 106 valence electrons. The molecule has 0 unspecified atom stereocenters. The van der Waals surface area contributed by atoms with Crippen LogP contribution in [0, 0.1) is 11.8 Å². The lowest BCUT2D eigenvalue weighted by atomic mass is 10.4. The summed E-state index contributed by atoms with van der Waals surface area (Å²) in [6.07, 6.45) is 0. The van der Waals surface area contributed by atoms with Gasteiger partial charge < -0.3 is 11.8 Å². The lowest BCUT2D eigenvalue weighted by Crippen LogP contribution is -2.49. The third-order valence-electron chi connectivity index (χ3n) is 3.14. The van der Waals surface area contributed by atoms with E-state index in [1.54, 1.807) is 0 Å². The molecule has 0 atom stereocenters. The van der Waals surface area contributed by atoms with Gasteiger partial charge in [0.05, 0.1) is 39.3 Å². The van der Waals surface area contributed by atoms with Crippen LogP contribution in [0.1, 0.15) is 41.5 Å². The summed E-state index contributed by atoms with van der Waals surface area (Å²) in [5, 5.41) is 6.25. The largest absolute Gasteiger partial charge is 0.512 e. The first-order valence-corrected chi connectivity index (χ1v) is 7.03. The van der Waals surface area contributed by atoms with Gasteiger partial charge in [0.1, 0.15) is 0 Å². The van der Waals surface area contributed by atoms with Crippen molar-refractivity contribution in [1.29, 1.82) is 5.26 Å². The number of rotatable bonds is 6. The Balaban J connectivity index is 0. The van der Waals surface area contributed by atoms with Crippen molar-refractivity contribution in [3.63, 3.8) is 0 Å². The second kappa shape index (κ2) is 12.2. The van der Waals surface area contributed by atoms with Crippen LogP contribution in [0.15, 0.2) is 0 Å². The maximum atomic E-state index is 6.25. The molecule has 0 heterocycles. The first kappa shape index (κ1) is 19.1. The highest BCUT2D eigenvalue weighted by molar-refractivity contribution is 5.75. The van der Waals surface area contributed by atoms with Crippen LogP contribution < -0.4 is 0 Å². The topological polar surface area (TPSA) is 33.3 Å². The molecule has 18 heavy (non-hydrogen) atoms. The van der Waals surface area contributed by atoms with Gasteiger partial charge in [-0.25, -0.2) is 0 Å². The van der Waals surface area contributed by atoms with Crippen LogP contribution in [0.3, 0.4) is 0 Å². The number of guanidine groups is 1. The first-order chi connectivity index (χ1) is 8.69. The number of nitrogens with zero attached hydrogens (tertiary/aromatic N) is 4. The van der Waals surface area contributed by atoms with E-state index < -0.39 is 0 Å². The molecule has 0 radical (unpaired) electrons. The number of hydrogen-bond acceptors (Lipinski definition) is 1. The predicted octanol–water partition coefficient (Wildman–Crippen LogP) is 2.17. The normalized spacial score (nSPS) is 9.11. The van der Waals surface area contributed by atoms with Crippen molar-refractivity contribution in [3.8, 4) is 0 Å². The van der Waals surface area contributed by atoms with E-state index in [1.807, 2.05) is 0 Å². The lowest BCUT2D eigenvalue weighted by Gasteiger charge is -2.27. The SMILES string of the molecule is CCN(CC)C(N(CC)CC)=[N+](CC)CC.[C-]#N. The zero-order chi connectivity index (χ0) is 14.6. The zero-order valence-corrected chi connectivity index (χ0v) is 13.0. The molecule has 0 bridgehead atoms. The van der Waals surface area contributed by atoms with Gasteiger partial charge in [0.15, 0.2) is 0 Å². The second-order valence-electron chi connectivity index (χ2n) is 3.82. The van der Waals surface area contributed by atoms with E-state index in [4.69, 9.17) is 11.8 Å². The minimum atomic E-state index is 1.08. The summed E-state index contributed by atoms with van der Waals surface area (Å²) < 4.78 is 2.46. The Kier molecular flexibility index (Phi) is 13.0. The van der Waals surface area contributed by atoms with Crippen LogP contribution >= 0.6 is 0 Å². The fraction of sp³-hybridized carbons (Fsp3) is 0.857. The Labute approximate surface area is 114 Å². The lowest BCUT2D eigenvalue weighted by molar-refractivity contribution is -0.531. The van der Waals surface area contributed by atoms with Gasteiger partial charge in [-0.2, -0.15) is 0 Å². The molecule has 0 aromatic rings. The maximum Gasteiger partial charge on any atom is 0.350 e. The van der Waals surface area contributed by atoms with Crippen molar-refractivity contribution in [3.05, 3.63) is 6.57 Å². The van der Waals surface area contributed by atoms with Crippen molar-refractivity contribution < 1.29 is 4.58 Å². The van der Waals surface area contributed by atoms with Crippen LogP contribution in [0.4, 0.5) is 0 Å². The van der Waals surface area contributed by atoms with Gasteiger partial charge in [-0.1, -0.05) is 0 Å². The summed E-state index contributed by atoms with van der Waals surface area (Å²) in [5.74, 6) is 1.40. The van der Waals surface area contributed by atoms with Gasteiger partial charge in [-0.3, -0.25) is 14.4 Å². The summed E-state index contributed by atoms with van der Waals surface area (Å²) in [4.78, 5) is 4.92. The van der Waals surface area contributed by atoms with Gasteiger partial charge >= 0.3 is 5.96 Å². The Morgan fingerprint density at radius 1 is 0.778 bits per heavy atom. The molecule has 0 aliphatic rings. The highest BCUT2D eigenvalue weighted by Gasteiger charge is 2.24. The molecule has 0 aliphatic carbocycles. The summed E-state index contributed by atoms with van der Waals surface area (Å²) in [6, 6.07) is 0. The fourth-order valence-electron chi connectivity index (χ4n) is 2.12. The van der Waals surface area contributed by atoms with Crippen LogP contribution in [-0.2, 0) is 0 Å². The molecule has 0 saturated carbocycles. The molecule has 0 amide bonds. The third kappa shape index (κ3) is 5.39. The van der Waals surface area contributed by atoms with E-state index >= 15 is 0 Å². The van der Waals surface area contributed by atoms with Crippen molar-refractivity contribution in [2.75, 3.05) is 39.3 Å². The quantitative estimate of drug-likeness (QED) is 0.315. The van der Waals surface area contributed by atoms with E-state index in [9.17, 15) is 0 Å². The Bertz CT molecular complexity index is 217. The van der Waals surface area contributed by atoms with Gasteiger partial charge in [0.2, 0.25) is 0 Å². The average Bonchev–Trinajstić information content (AvgIpc) is 2.44. The van der Waals surface area contributed by atoms with Crippen LogP contribution in [0.2, 0.25) is 0 Å². The van der Waals surface area contributed by atoms with Crippen molar-refractivity contribution in [2.24, 2.45) is 0 Å². The number of hydrogen-bond donors (Lipinski definition) is 0. The van der Waals surface area contributed by atoms with Gasteiger partial charge in [0, 0.05) is 0 Å². The van der Waals surface area contributed by atoms with Crippen LogP contribution in [0.25, 0.3) is 0 Å². The maximum absolute atomic E-state index is 6.25. The highest BCUT2D eigenvalue weighted by atomic mass is 15.4. The molecule has 0 aliphatic heterocycles. The second-order valence-corrected chi connectivity index (χ2v) is 3.82. The van der Waals surface area contributed by atoms with Gasteiger partial charge in [-0.05, 0) is 41.5 Å². The van der Waals surface area contributed by atoms with E-state index in [-0.39, 0.29) is 0 Å². The molecule has 0 rings (SSSR count). The van der Waals surface area contributed by atoms with Gasteiger partial charge in [0.25, 0.3) is 0 Å². The van der Waals surface area contributed by atoms with E-state index in [1.165, 1.54) is 5.96 Å². The highest BCUT2D eigenvalue weighted by Crippen LogP contribution is 2.00. The third-order valence-corrected chi connectivity index (χ3v) is 3.14. The average molecular weight is 254 g/mol. The monoisotopic (exact) mass is 254 g/mol. The molecule has 0 aromatic heterocycles. The molecule has 0 saturated heterocycles. The van der Waals surface area contributed by atoms with E-state index in [2.05, 4.69) is 55.9 Å². The molecule has 4 heteroatoms. The van der Waals surface area contributed by atoms with Crippen molar-refractivity contribution >= 4 is 5.96 Å². The van der Waals surface area contributed by atoms with Crippen molar-refractivity contribution in [2.45, 2.75) is 41.5 Å². The molecular formula is C14H30N4. The van der Waals surface area contributed by atoms with Crippen LogP contribution in [-0.4, -0.2) is 59.6 Å². The molecule has 0 fully saturated rings. The zero-order valence-electron chi connectivity index (χ0n) is 13.0. The van der Waals surface area contributed by atoms with E-state index in [0.29, 0.717) is 0 Å². The standard InChI is InChI=1S/C13H30N3.CN/c1-7-14(8-2)13(15(9-3)10-4)16(11-5)12-6;1-2/h7-12H2,1-6H3;/q+1;-1. The fourth-order valence-corrected chi connectivity index (χ4v) is 2.12. The van der Waals surface area contributed by atoms with Crippen molar-refractivity contribution in [1.82, 2.24) is 9.80 Å². The minimum absolute atomic E-state index is 1.08. The minimum Gasteiger partial charge on any atom is -0.512 e. The Morgan fingerprint density at radius 3 is 1.22 bits per heavy atom. The van der Waals surface area contributed by atoms with E-state index in [0.717, 1.165) is 39.3 Å². The molecule has 0 N–H and O–H groups in total. The smallest absolute Gasteiger partial charge is 0.350 e. The molecule has 0 aromatic carbocycles. The summed E-state index contributed by atoms with van der Waals surface area (Å²) in [5.41, 5.74) is 0. The Morgan fingerprint density at radius 2 is 1.06 bits per heavy atom.